The number of alkyl halides is 2. The molecule has 16 rings (SSSR count). The standard InChI is InChI=1S/C36H30NO2P.C26H28N2O3.C13H11NO4.C13H19N.C11H12O3.C9H10O.C5H5N.C4H11N.C2H3ClO2.CH2Cl2/c1-25(27-13-5-3-6-14-27)37(26(2)28-15-7-4-8-16-28)40-38-33-23-21-29-17-9-11-19-31(29)35(33)36-32-20-12-10-18-30(32)22-24-34(36)39-40;1-5-12-23(28-24(29)20-15-10-11-16-21(20)25(28)30)26(31)27(17-18(3)4)22(6-2)19-13-8-7-9-14-19;1-2-5-10(13(17)18)14-11(15)8-6-3-4-7-9(8)12(14)16;1-4-13(14-10-11(2)3)12-8-6-5-7-9-12;1-13-11(12)14-9-5-8-10-6-3-2-4-7-10;10-8-4-7-9-5-2-1-3-6-9;1-2-4-6-5-3-1;1-4(2)3-5;1-5-2(3)4;2-1-3/h3-26H,1-2H3;5-11,13-16,18,22-23H,1-2,12,17H2,3-4H3;2-4,6-7,10H,1,5H2,(H,17,18);4-9,11,13-14H,1,10H2,2-3H3;2-8H,9H2,1H3;1-7,10H,8H2;1-5H;4H,3,5H2,1-2H3;1H3;1H2/b;;;;8-5+;7-4+;;;;/t25-,26+;22-,23?;10-;13-;;;;;;/m.000....../s1. The molecular formula is C120H131Cl3N7O15P. The highest BCUT2D eigenvalue weighted by Gasteiger charge is 2.45. The van der Waals surface area contributed by atoms with Crippen molar-refractivity contribution in [3.8, 4) is 0 Å². The van der Waals surface area contributed by atoms with E-state index in [1.54, 1.807) is 78.0 Å². The van der Waals surface area contributed by atoms with Crippen LogP contribution in [0.25, 0.3) is 55.6 Å². The van der Waals surface area contributed by atoms with E-state index in [-0.39, 0.29) is 78.5 Å². The first-order valence-corrected chi connectivity index (χ1v) is 50.2. The summed E-state index contributed by atoms with van der Waals surface area (Å²) in [5, 5.41) is 28.1. The van der Waals surface area contributed by atoms with Crippen LogP contribution < -0.4 is 15.7 Å². The van der Waals surface area contributed by atoms with Crippen LogP contribution in [0.2, 0.25) is 0 Å². The van der Waals surface area contributed by atoms with Crippen LogP contribution in [0.15, 0.2) is 405 Å². The molecule has 14 aromatic rings. The number of nitrogens with two attached hydrogens (primary N) is 1. The Labute approximate surface area is 873 Å². The predicted molar refractivity (Wildman–Crippen MR) is 595 cm³/mol. The van der Waals surface area contributed by atoms with Gasteiger partial charge in [-0.1, -0.05) is 357 Å². The van der Waals surface area contributed by atoms with E-state index in [1.807, 2.05) is 147 Å². The van der Waals surface area contributed by atoms with E-state index in [0.29, 0.717) is 29.5 Å². The van der Waals surface area contributed by atoms with Crippen LogP contribution in [-0.2, 0) is 23.8 Å². The van der Waals surface area contributed by atoms with Crippen molar-refractivity contribution in [3.63, 3.8) is 0 Å². The number of nitrogens with zero attached hydrogens (tertiary/aromatic N) is 5. The van der Waals surface area contributed by atoms with Gasteiger partial charge in [0.05, 0.1) is 60.5 Å². The average molecular weight is 2050 g/mol. The molecule has 2 aliphatic rings. The van der Waals surface area contributed by atoms with Crippen LogP contribution in [0.4, 0.5) is 9.59 Å². The monoisotopic (exact) mass is 2050 g/mol. The second-order valence-corrected chi connectivity index (χ2v) is 36.4. The number of carboxylic acids is 1. The van der Waals surface area contributed by atoms with E-state index in [2.05, 4.69) is 266 Å². The largest absolute Gasteiger partial charge is 0.508 e. The highest BCUT2D eigenvalue weighted by Crippen LogP contribution is 2.48. The molecule has 2 aliphatic heterocycles. The summed E-state index contributed by atoms with van der Waals surface area (Å²) < 4.78 is 29.3. The van der Waals surface area contributed by atoms with Crippen molar-refractivity contribution in [2.45, 2.75) is 104 Å². The van der Waals surface area contributed by atoms with E-state index < -0.39 is 61.4 Å². The van der Waals surface area contributed by atoms with Crippen molar-refractivity contribution in [2.24, 2.45) is 23.5 Å². The Kier molecular flexibility index (Phi) is 52.5. The molecule has 0 radical (unpaired) electrons. The number of carbonyl (C=O) groups excluding carboxylic acids is 7. The van der Waals surface area contributed by atoms with Gasteiger partial charge in [-0.3, -0.25) is 38.8 Å². The van der Waals surface area contributed by atoms with E-state index in [1.165, 1.54) is 59.9 Å². The van der Waals surface area contributed by atoms with Gasteiger partial charge in [-0.2, -0.15) is 4.67 Å². The summed E-state index contributed by atoms with van der Waals surface area (Å²) >= 11 is 14.1. The normalized spacial score (nSPS) is 12.6. The average Bonchev–Trinajstić information content (AvgIpc) is 1.50. The second kappa shape index (κ2) is 64.9. The number of hydrogen-bond donors (Lipinski definition) is 4. The van der Waals surface area contributed by atoms with E-state index in [9.17, 15) is 38.4 Å². The molecule has 5 amide bonds. The number of pyridine rings is 1. The second-order valence-electron chi connectivity index (χ2n) is 33.9. The van der Waals surface area contributed by atoms with Crippen molar-refractivity contribution < 1.29 is 71.2 Å². The van der Waals surface area contributed by atoms with Crippen LogP contribution in [0.1, 0.15) is 167 Å². The molecule has 0 bridgehead atoms. The Morgan fingerprint density at radius 2 is 0.836 bits per heavy atom. The highest BCUT2D eigenvalue weighted by atomic mass is 35.5. The molecule has 4 heterocycles. The molecular weight excluding hydrogens is 1920 g/mol. The number of carbonyl (C=O) groups is 8. The van der Waals surface area contributed by atoms with Gasteiger partial charge in [-0.25, -0.2) is 14.4 Å². The fourth-order valence-corrected chi connectivity index (χ4v) is 16.8. The molecule has 0 fully saturated rings. The number of benzene rings is 12. The Hall–Kier alpha value is -14.7. The fraction of sp³-hybridized carbons (Fsp3) is 0.225. The van der Waals surface area contributed by atoms with Gasteiger partial charge in [-0.05, 0) is 167 Å². The maximum absolute atomic E-state index is 13.9. The van der Waals surface area contributed by atoms with E-state index in [4.69, 9.17) is 47.5 Å². The number of imide groups is 2. The van der Waals surface area contributed by atoms with Crippen molar-refractivity contribution in [2.75, 3.05) is 57.1 Å². The molecule has 0 aliphatic carbocycles. The number of amides is 5. The highest BCUT2D eigenvalue weighted by molar-refractivity contribution is 7.39. The topological polar surface area (TPSA) is 295 Å². The summed E-state index contributed by atoms with van der Waals surface area (Å²) in [7, 11) is 0.960. The van der Waals surface area contributed by atoms with Crippen molar-refractivity contribution in [1.29, 1.82) is 0 Å². The first-order valence-electron chi connectivity index (χ1n) is 47.6. The molecule has 762 valence electrons. The molecule has 0 saturated carbocycles. The van der Waals surface area contributed by atoms with Crippen LogP contribution in [-0.4, -0.2) is 141 Å². The quantitative estimate of drug-likeness (QED) is 0.0111. The third-order valence-electron chi connectivity index (χ3n) is 22.2. The van der Waals surface area contributed by atoms with Crippen molar-refractivity contribution in [3.05, 3.63) is 452 Å². The summed E-state index contributed by atoms with van der Waals surface area (Å²) in [4.78, 5) is 102. The molecule has 22 nitrogen and oxygen atoms in total. The van der Waals surface area contributed by atoms with Crippen LogP contribution in [0.3, 0.4) is 0 Å². The Morgan fingerprint density at radius 3 is 1.18 bits per heavy atom. The van der Waals surface area contributed by atoms with Crippen LogP contribution >= 0.6 is 43.0 Å². The van der Waals surface area contributed by atoms with Gasteiger partial charge in [0.2, 0.25) is 5.91 Å². The summed E-state index contributed by atoms with van der Waals surface area (Å²) in [5.41, 5.74) is 14.1. The molecule has 2 aromatic heterocycles. The van der Waals surface area contributed by atoms with E-state index >= 15 is 0 Å². The third kappa shape index (κ3) is 36.6. The first kappa shape index (κ1) is 118. The maximum Gasteiger partial charge on any atom is 0.508 e. The predicted octanol–water partition coefficient (Wildman–Crippen LogP) is 28.4. The number of aliphatic hydroxyl groups is 1. The molecule has 0 spiro atoms. The number of methoxy groups -OCH3 is 2. The first-order chi connectivity index (χ1) is 70.6. The van der Waals surface area contributed by atoms with Crippen molar-refractivity contribution >= 4 is 146 Å². The summed E-state index contributed by atoms with van der Waals surface area (Å²) in [6, 6.07) is 103. The number of carboxylic acid groups (broad SMARTS) is 1. The number of rotatable bonds is 29. The van der Waals surface area contributed by atoms with Gasteiger partial charge in [0, 0.05) is 53.4 Å². The number of nitrogens with one attached hydrogen (secondary N) is 1. The third-order valence-corrected chi connectivity index (χ3v) is 24.2. The van der Waals surface area contributed by atoms with Gasteiger partial charge < -0.3 is 48.8 Å². The smallest absolute Gasteiger partial charge is 0.480 e. The minimum atomic E-state index is -1.54. The number of aromatic nitrogens is 1. The maximum atomic E-state index is 13.9. The number of hydrogen-bond acceptors (Lipinski definition) is 18. The van der Waals surface area contributed by atoms with Gasteiger partial charge in [0.15, 0.2) is 0 Å². The van der Waals surface area contributed by atoms with E-state index in [0.717, 1.165) is 72.3 Å². The lowest BCUT2D eigenvalue weighted by molar-refractivity contribution is -0.141. The molecule has 5 N–H and O–H groups in total. The van der Waals surface area contributed by atoms with Gasteiger partial charge >= 0.3 is 25.7 Å². The van der Waals surface area contributed by atoms with Gasteiger partial charge in [0.25, 0.3) is 23.6 Å². The summed E-state index contributed by atoms with van der Waals surface area (Å²) in [5.74, 6) is -2.02. The molecule has 0 saturated heterocycles. The Morgan fingerprint density at radius 1 is 0.473 bits per heavy atom. The molecule has 12 aromatic carbocycles. The minimum absolute atomic E-state index is 0.0286. The molecule has 6 atom stereocenters. The molecule has 26 heteroatoms. The van der Waals surface area contributed by atoms with Gasteiger partial charge in [-0.15, -0.1) is 49.5 Å². The van der Waals surface area contributed by atoms with Crippen LogP contribution in [0.5, 0.6) is 0 Å². The number of fused-ring (bicyclic) bond motifs is 9. The SMILES string of the molecule is C=CCC(C(=O)N(CC(C)C)[C@@H](C=C)c1ccccc1)N1C(=O)c2ccccc2C1=O.C=CC[C@@H](C(=O)O)N1C(=O)c2ccccc2C1=O.C=C[C@H](NCC(C)C)c1ccccc1.CC(C)CN.COC(=O)Cl.COC(=O)OC/C=C/c1ccccc1.C[C@H](c1ccccc1)N([C@@H](C)c1ccccc1)p1oc2ccc3ccccc3c2c2c(ccc3ccccc32)o1.ClCCl.OC/C=C/c1ccccc1.c1ccncc1. The number of aliphatic carboxylic acids is 1. The lowest BCUT2D eigenvalue weighted by Crippen LogP contribution is -2.52. The Bertz CT molecular complexity index is 6310. The zero-order valence-corrected chi connectivity index (χ0v) is 87.3. The lowest BCUT2D eigenvalue weighted by atomic mass is 9.99. The number of ether oxygens (including phenoxy) is 3. The summed E-state index contributed by atoms with van der Waals surface area (Å²) in [6.45, 7) is 34.8. The molecule has 1 unspecified atom stereocenters. The lowest BCUT2D eigenvalue weighted by Gasteiger charge is -2.36. The summed E-state index contributed by atoms with van der Waals surface area (Å²) in [6.07, 6.45) is 16.9. The fourth-order valence-electron chi connectivity index (χ4n) is 15.1. The van der Waals surface area contributed by atoms with Crippen molar-refractivity contribution in [1.82, 2.24) is 25.0 Å². The zero-order valence-electron chi connectivity index (χ0n) is 84.2. The van der Waals surface area contributed by atoms with Crippen LogP contribution in [0, 0.1) is 17.8 Å². The number of halogens is 3. The minimum Gasteiger partial charge on any atom is -0.480 e. The van der Waals surface area contributed by atoms with Gasteiger partial charge in [0.1, 0.15) is 29.9 Å². The zero-order chi connectivity index (χ0) is 106. The number of aliphatic hydroxyl groups excluding tert-OH is 1. The molecule has 146 heavy (non-hydrogen) atoms. The Balaban J connectivity index is 0.000000241.